The van der Waals surface area contributed by atoms with Crippen molar-refractivity contribution in [2.24, 2.45) is 5.73 Å². The molecule has 3 nitrogen and oxygen atoms in total. The normalized spacial score (nSPS) is 10.0. The van der Waals surface area contributed by atoms with E-state index in [0.717, 1.165) is 23.3 Å². The molecule has 0 bridgehead atoms. The molecule has 0 saturated carbocycles. The number of nitrogens with two attached hydrogens (primary N) is 1. The van der Waals surface area contributed by atoms with Gasteiger partial charge in [0.05, 0.1) is 13.1 Å². The largest absolute Gasteiger partial charge is 0.351 e. The Morgan fingerprint density at radius 1 is 1.29 bits per heavy atom. The second kappa shape index (κ2) is 11.4. The summed E-state index contributed by atoms with van der Waals surface area (Å²) in [5, 5.41) is 4.97. The molecule has 0 aliphatic rings. The van der Waals surface area contributed by atoms with Crippen molar-refractivity contribution >= 4 is 17.2 Å². The SMILES string of the molecule is CCCCCCCCC(=O)NCc1sccc1C#CCN. The zero-order valence-corrected chi connectivity index (χ0v) is 13.7. The summed E-state index contributed by atoms with van der Waals surface area (Å²) in [4.78, 5) is 12.9. The fourth-order valence-corrected chi connectivity index (χ4v) is 2.84. The van der Waals surface area contributed by atoms with Gasteiger partial charge < -0.3 is 11.1 Å². The molecule has 0 fully saturated rings. The Kier molecular flexibility index (Phi) is 9.60. The fraction of sp³-hybridized carbons (Fsp3) is 0.588. The van der Waals surface area contributed by atoms with E-state index in [9.17, 15) is 4.79 Å². The fourth-order valence-electron chi connectivity index (χ4n) is 2.07. The lowest BCUT2D eigenvalue weighted by Crippen LogP contribution is -2.22. The summed E-state index contributed by atoms with van der Waals surface area (Å²) >= 11 is 1.62. The molecule has 0 radical (unpaired) electrons. The topological polar surface area (TPSA) is 55.1 Å². The van der Waals surface area contributed by atoms with Gasteiger partial charge in [0.25, 0.3) is 0 Å². The lowest BCUT2D eigenvalue weighted by Gasteiger charge is -2.04. The summed E-state index contributed by atoms with van der Waals surface area (Å²) in [6, 6.07) is 1.97. The number of carbonyl (C=O) groups is 1. The molecule has 1 aromatic rings. The minimum absolute atomic E-state index is 0.136. The third kappa shape index (κ3) is 7.89. The van der Waals surface area contributed by atoms with Crippen LogP contribution in [0.3, 0.4) is 0 Å². The molecular weight excluding hydrogens is 280 g/mol. The highest BCUT2D eigenvalue weighted by Gasteiger charge is 2.05. The average molecular weight is 306 g/mol. The van der Waals surface area contributed by atoms with Gasteiger partial charge in [0.15, 0.2) is 0 Å². The van der Waals surface area contributed by atoms with E-state index in [-0.39, 0.29) is 5.91 Å². The van der Waals surface area contributed by atoms with Gasteiger partial charge in [-0.15, -0.1) is 11.3 Å². The van der Waals surface area contributed by atoms with Crippen LogP contribution in [-0.4, -0.2) is 12.5 Å². The number of carbonyl (C=O) groups excluding carboxylic acids is 1. The number of amides is 1. The number of unbranched alkanes of at least 4 members (excludes halogenated alkanes) is 5. The number of hydrogen-bond acceptors (Lipinski definition) is 3. The molecule has 116 valence electrons. The Hall–Kier alpha value is -1.31. The molecule has 0 saturated heterocycles. The molecule has 1 amide bonds. The van der Waals surface area contributed by atoms with E-state index in [0.29, 0.717) is 19.5 Å². The molecule has 1 heterocycles. The van der Waals surface area contributed by atoms with Crippen molar-refractivity contribution < 1.29 is 4.79 Å². The molecule has 1 rings (SSSR count). The van der Waals surface area contributed by atoms with Crippen molar-refractivity contribution in [1.82, 2.24) is 5.32 Å². The molecule has 0 aromatic carbocycles. The van der Waals surface area contributed by atoms with Crippen molar-refractivity contribution in [1.29, 1.82) is 0 Å². The standard InChI is InChI=1S/C17H26N2OS/c1-2-3-4-5-6-7-10-17(20)19-14-16-15(9-8-12-18)11-13-21-16/h11,13H,2-7,10,12,14,18H2,1H3,(H,19,20). The van der Waals surface area contributed by atoms with E-state index >= 15 is 0 Å². The summed E-state index contributed by atoms with van der Waals surface area (Å²) in [5.41, 5.74) is 6.35. The van der Waals surface area contributed by atoms with Gasteiger partial charge in [-0.2, -0.15) is 0 Å². The molecule has 1 aromatic heterocycles. The minimum Gasteiger partial charge on any atom is -0.351 e. The van der Waals surface area contributed by atoms with Gasteiger partial charge in [-0.1, -0.05) is 50.9 Å². The number of rotatable bonds is 9. The van der Waals surface area contributed by atoms with Crippen molar-refractivity contribution in [2.75, 3.05) is 6.54 Å². The molecule has 0 spiro atoms. The zero-order chi connectivity index (χ0) is 15.3. The van der Waals surface area contributed by atoms with Gasteiger partial charge in [0.2, 0.25) is 5.91 Å². The average Bonchev–Trinajstić information content (AvgIpc) is 2.94. The van der Waals surface area contributed by atoms with Crippen LogP contribution in [0.15, 0.2) is 11.4 Å². The summed E-state index contributed by atoms with van der Waals surface area (Å²) in [6.07, 6.45) is 7.86. The van der Waals surface area contributed by atoms with Crippen LogP contribution in [0.5, 0.6) is 0 Å². The van der Waals surface area contributed by atoms with Crippen molar-refractivity contribution in [3.63, 3.8) is 0 Å². The molecule has 0 aliphatic heterocycles. The van der Waals surface area contributed by atoms with Crippen LogP contribution in [0.25, 0.3) is 0 Å². The number of nitrogens with one attached hydrogen (secondary N) is 1. The third-order valence-electron chi connectivity index (χ3n) is 3.27. The van der Waals surface area contributed by atoms with Crippen LogP contribution in [0, 0.1) is 11.8 Å². The molecule has 0 aliphatic carbocycles. The van der Waals surface area contributed by atoms with Crippen LogP contribution in [-0.2, 0) is 11.3 Å². The Bertz CT molecular complexity index is 471. The van der Waals surface area contributed by atoms with E-state index < -0.39 is 0 Å². The van der Waals surface area contributed by atoms with Gasteiger partial charge in [-0.3, -0.25) is 4.79 Å². The van der Waals surface area contributed by atoms with Crippen LogP contribution in [0.4, 0.5) is 0 Å². The van der Waals surface area contributed by atoms with Gasteiger partial charge in [-0.25, -0.2) is 0 Å². The Labute approximate surface area is 132 Å². The second-order valence-electron chi connectivity index (χ2n) is 5.06. The molecule has 21 heavy (non-hydrogen) atoms. The summed E-state index contributed by atoms with van der Waals surface area (Å²) in [5.74, 6) is 6.02. The van der Waals surface area contributed by atoms with Crippen LogP contribution >= 0.6 is 11.3 Å². The highest BCUT2D eigenvalue weighted by molar-refractivity contribution is 7.10. The maximum Gasteiger partial charge on any atom is 0.220 e. The highest BCUT2D eigenvalue weighted by atomic mass is 32.1. The molecule has 4 heteroatoms. The third-order valence-corrected chi connectivity index (χ3v) is 4.19. The van der Waals surface area contributed by atoms with Crippen LogP contribution in [0.1, 0.15) is 62.3 Å². The van der Waals surface area contributed by atoms with E-state index in [1.807, 2.05) is 11.4 Å². The molecule has 0 unspecified atom stereocenters. The monoisotopic (exact) mass is 306 g/mol. The summed E-state index contributed by atoms with van der Waals surface area (Å²) < 4.78 is 0. The van der Waals surface area contributed by atoms with E-state index in [2.05, 4.69) is 24.1 Å². The predicted molar refractivity (Wildman–Crippen MR) is 90.1 cm³/mol. The second-order valence-corrected chi connectivity index (χ2v) is 6.06. The maximum atomic E-state index is 11.8. The quantitative estimate of drug-likeness (QED) is 0.542. The van der Waals surface area contributed by atoms with Crippen molar-refractivity contribution in [3.05, 3.63) is 21.9 Å². The first-order valence-electron chi connectivity index (χ1n) is 7.80. The molecular formula is C17H26N2OS. The van der Waals surface area contributed by atoms with E-state index in [4.69, 9.17) is 5.73 Å². The lowest BCUT2D eigenvalue weighted by molar-refractivity contribution is -0.121. The Balaban J connectivity index is 2.20. The first kappa shape index (κ1) is 17.7. The lowest BCUT2D eigenvalue weighted by atomic mass is 10.1. The summed E-state index contributed by atoms with van der Waals surface area (Å²) in [6.45, 7) is 3.14. The number of hydrogen-bond donors (Lipinski definition) is 2. The first-order chi connectivity index (χ1) is 10.3. The predicted octanol–water partition coefficient (Wildman–Crippen LogP) is 3.43. The van der Waals surface area contributed by atoms with Crippen molar-refractivity contribution in [3.8, 4) is 11.8 Å². The Morgan fingerprint density at radius 2 is 2.05 bits per heavy atom. The van der Waals surface area contributed by atoms with Gasteiger partial charge >= 0.3 is 0 Å². The number of thiophene rings is 1. The van der Waals surface area contributed by atoms with Gasteiger partial charge in [0.1, 0.15) is 0 Å². The highest BCUT2D eigenvalue weighted by Crippen LogP contribution is 2.15. The van der Waals surface area contributed by atoms with Crippen molar-refractivity contribution in [2.45, 2.75) is 58.4 Å². The van der Waals surface area contributed by atoms with E-state index in [1.54, 1.807) is 11.3 Å². The minimum atomic E-state index is 0.136. The smallest absolute Gasteiger partial charge is 0.220 e. The van der Waals surface area contributed by atoms with Crippen LogP contribution in [0.2, 0.25) is 0 Å². The van der Waals surface area contributed by atoms with Crippen LogP contribution < -0.4 is 11.1 Å². The first-order valence-corrected chi connectivity index (χ1v) is 8.68. The van der Waals surface area contributed by atoms with E-state index in [1.165, 1.54) is 25.7 Å². The summed E-state index contributed by atoms with van der Waals surface area (Å²) in [7, 11) is 0. The molecule has 0 atom stereocenters. The molecule has 3 N–H and O–H groups in total. The Morgan fingerprint density at radius 3 is 2.81 bits per heavy atom. The zero-order valence-electron chi connectivity index (χ0n) is 12.9. The maximum absolute atomic E-state index is 11.8. The van der Waals surface area contributed by atoms with Gasteiger partial charge in [-0.05, 0) is 17.9 Å². The van der Waals surface area contributed by atoms with Gasteiger partial charge in [0, 0.05) is 16.9 Å².